The Morgan fingerprint density at radius 3 is 2.31 bits per heavy atom. The van der Waals surface area contributed by atoms with E-state index >= 15 is 0 Å². The number of amides is 2. The molecule has 190 valence electrons. The molecule has 0 saturated heterocycles. The van der Waals surface area contributed by atoms with E-state index in [1.165, 1.54) is 0 Å². The van der Waals surface area contributed by atoms with Crippen LogP contribution in [0.3, 0.4) is 0 Å². The molecule has 0 spiro atoms. The second kappa shape index (κ2) is 12.0. The van der Waals surface area contributed by atoms with Crippen molar-refractivity contribution in [2.75, 3.05) is 0 Å². The highest BCUT2D eigenvalue weighted by Gasteiger charge is 2.29. The van der Waals surface area contributed by atoms with Crippen molar-refractivity contribution in [3.05, 3.63) is 92.0 Å². The van der Waals surface area contributed by atoms with Gasteiger partial charge in [-0.15, -0.1) is 0 Å². The summed E-state index contributed by atoms with van der Waals surface area (Å²) in [6.45, 7) is 3.88. The van der Waals surface area contributed by atoms with Gasteiger partial charge in [-0.3, -0.25) is 9.59 Å². The molecule has 36 heavy (non-hydrogen) atoms. The van der Waals surface area contributed by atoms with Gasteiger partial charge >= 0.3 is 5.97 Å². The highest BCUT2D eigenvalue weighted by molar-refractivity contribution is 6.39. The molecule has 1 aliphatic rings. The second-order valence-electron chi connectivity index (χ2n) is 8.92. The van der Waals surface area contributed by atoms with Gasteiger partial charge in [-0.05, 0) is 55.2 Å². The molecule has 0 saturated carbocycles. The van der Waals surface area contributed by atoms with Gasteiger partial charge in [0.05, 0.1) is 31.7 Å². The zero-order chi connectivity index (χ0) is 26.5. The minimum absolute atomic E-state index is 0.0729. The van der Waals surface area contributed by atoms with Gasteiger partial charge in [0.1, 0.15) is 6.04 Å². The van der Waals surface area contributed by atoms with Crippen molar-refractivity contribution in [3.63, 3.8) is 0 Å². The van der Waals surface area contributed by atoms with Crippen LogP contribution < -0.4 is 10.6 Å². The Bertz CT molecular complexity index is 1220. The number of aryl methyl sites for hydroxylation is 1. The van der Waals surface area contributed by atoms with Crippen molar-refractivity contribution in [1.29, 1.82) is 0 Å². The number of rotatable bonds is 9. The minimum atomic E-state index is -1.16. The largest absolute Gasteiger partial charge is 0.480 e. The molecule has 0 heterocycles. The molecule has 3 N–H and O–H groups in total. The Hall–Kier alpha value is -2.80. The zero-order valence-electron chi connectivity index (χ0n) is 19.9. The number of carbonyl (C=O) groups excluding carboxylic acids is 2. The van der Waals surface area contributed by atoms with E-state index in [0.29, 0.717) is 6.42 Å². The SMILES string of the molecule is CCCc1ccc(C(=O)NC(CC2=CCC(C)(NC(=O)c3c(Cl)cccc3Cl)C=C2)C(=O)O)c(Cl)c1. The summed E-state index contributed by atoms with van der Waals surface area (Å²) in [7, 11) is 0. The third-order valence-electron chi connectivity index (χ3n) is 5.90. The standard InChI is InChI=1S/C27H27Cl3N2O4/c1-3-5-16-8-9-18(21(30)14-16)24(33)31-22(26(35)36)15-17-10-12-27(2,13-11-17)32-25(34)23-19(28)6-4-7-20(23)29/h4,6-12,14,22H,3,5,13,15H2,1-2H3,(H,31,33)(H,32,34)(H,35,36). The Kier molecular flexibility index (Phi) is 9.23. The molecular weight excluding hydrogens is 523 g/mol. The number of hydrogen-bond acceptors (Lipinski definition) is 3. The predicted octanol–water partition coefficient (Wildman–Crippen LogP) is 6.25. The highest BCUT2D eigenvalue weighted by Crippen LogP contribution is 2.28. The van der Waals surface area contributed by atoms with Crippen LogP contribution in [0.1, 0.15) is 59.4 Å². The topological polar surface area (TPSA) is 95.5 Å². The molecular formula is C27H27Cl3N2O4. The lowest BCUT2D eigenvalue weighted by atomic mass is 9.88. The van der Waals surface area contributed by atoms with Crippen LogP contribution in [-0.2, 0) is 11.2 Å². The van der Waals surface area contributed by atoms with E-state index in [0.717, 1.165) is 24.0 Å². The fourth-order valence-corrected chi connectivity index (χ4v) is 4.77. The maximum Gasteiger partial charge on any atom is 0.326 e. The third-order valence-corrected chi connectivity index (χ3v) is 6.85. The Labute approximate surface area is 225 Å². The fourth-order valence-electron chi connectivity index (χ4n) is 3.91. The number of hydrogen-bond donors (Lipinski definition) is 3. The van der Waals surface area contributed by atoms with Crippen molar-refractivity contribution in [3.8, 4) is 0 Å². The number of allylic oxidation sites excluding steroid dienone is 1. The molecule has 2 atom stereocenters. The summed E-state index contributed by atoms with van der Waals surface area (Å²) in [4.78, 5) is 37.4. The summed E-state index contributed by atoms with van der Waals surface area (Å²) in [6, 6.07) is 8.84. The molecule has 6 nitrogen and oxygen atoms in total. The average Bonchev–Trinajstić information content (AvgIpc) is 2.80. The summed E-state index contributed by atoms with van der Waals surface area (Å²) in [6.07, 6.45) is 7.64. The number of nitrogens with one attached hydrogen (secondary N) is 2. The number of carboxylic acid groups (broad SMARTS) is 1. The van der Waals surface area contributed by atoms with Gasteiger partial charge < -0.3 is 15.7 Å². The molecule has 0 fully saturated rings. The van der Waals surface area contributed by atoms with Crippen molar-refractivity contribution >= 4 is 52.6 Å². The number of carbonyl (C=O) groups is 3. The fraction of sp³-hybridized carbons (Fsp3) is 0.296. The van der Waals surface area contributed by atoms with E-state index < -0.39 is 29.4 Å². The van der Waals surface area contributed by atoms with E-state index in [-0.39, 0.29) is 32.6 Å². The molecule has 2 unspecified atom stereocenters. The third kappa shape index (κ3) is 6.90. The van der Waals surface area contributed by atoms with Gasteiger partial charge in [-0.2, -0.15) is 0 Å². The first-order valence-corrected chi connectivity index (χ1v) is 12.6. The van der Waals surface area contributed by atoms with Gasteiger partial charge in [-0.25, -0.2) is 4.79 Å². The molecule has 2 amide bonds. The van der Waals surface area contributed by atoms with Crippen LogP contribution in [0.2, 0.25) is 15.1 Å². The van der Waals surface area contributed by atoms with Crippen molar-refractivity contribution in [1.82, 2.24) is 10.6 Å². The number of benzene rings is 2. The predicted molar refractivity (Wildman–Crippen MR) is 143 cm³/mol. The zero-order valence-corrected chi connectivity index (χ0v) is 22.2. The molecule has 1 aliphatic carbocycles. The van der Waals surface area contributed by atoms with Crippen LogP contribution in [0.4, 0.5) is 0 Å². The van der Waals surface area contributed by atoms with Crippen molar-refractivity contribution in [2.24, 2.45) is 0 Å². The molecule has 0 bridgehead atoms. The maximum absolute atomic E-state index is 12.8. The highest BCUT2D eigenvalue weighted by atomic mass is 35.5. The van der Waals surface area contributed by atoms with Crippen molar-refractivity contribution < 1.29 is 19.5 Å². The first-order chi connectivity index (χ1) is 17.0. The van der Waals surface area contributed by atoms with Crippen LogP contribution in [-0.4, -0.2) is 34.5 Å². The molecule has 3 rings (SSSR count). The smallest absolute Gasteiger partial charge is 0.326 e. The molecule has 0 radical (unpaired) electrons. The summed E-state index contributed by atoms with van der Waals surface area (Å²) < 4.78 is 0. The van der Waals surface area contributed by atoms with Gasteiger partial charge in [0.15, 0.2) is 0 Å². The van der Waals surface area contributed by atoms with Gasteiger partial charge in [-0.1, -0.05) is 78.5 Å². The van der Waals surface area contributed by atoms with Gasteiger partial charge in [0.2, 0.25) is 0 Å². The molecule has 0 aliphatic heterocycles. The van der Waals surface area contributed by atoms with E-state index in [9.17, 15) is 19.5 Å². The lowest BCUT2D eigenvalue weighted by molar-refractivity contribution is -0.139. The Morgan fingerprint density at radius 1 is 1.06 bits per heavy atom. The lowest BCUT2D eigenvalue weighted by Crippen LogP contribution is -2.45. The number of halogens is 3. The molecule has 2 aromatic carbocycles. The minimum Gasteiger partial charge on any atom is -0.480 e. The van der Waals surface area contributed by atoms with Crippen LogP contribution in [0.15, 0.2) is 60.2 Å². The van der Waals surface area contributed by atoms with E-state index in [4.69, 9.17) is 34.8 Å². The van der Waals surface area contributed by atoms with Crippen molar-refractivity contribution in [2.45, 2.75) is 51.1 Å². The number of carboxylic acids is 1. The first-order valence-electron chi connectivity index (χ1n) is 11.5. The van der Waals surface area contributed by atoms with Crippen LogP contribution >= 0.6 is 34.8 Å². The first kappa shape index (κ1) is 27.8. The van der Waals surface area contributed by atoms with E-state index in [1.807, 2.05) is 26.0 Å². The van der Waals surface area contributed by atoms with Crippen LogP contribution in [0.25, 0.3) is 0 Å². The van der Waals surface area contributed by atoms with Crippen LogP contribution in [0.5, 0.6) is 0 Å². The summed E-state index contributed by atoms with van der Waals surface area (Å²) in [5.74, 6) is -2.12. The number of aliphatic carboxylic acids is 1. The second-order valence-corrected chi connectivity index (χ2v) is 10.1. The maximum atomic E-state index is 12.8. The van der Waals surface area contributed by atoms with E-state index in [2.05, 4.69) is 10.6 Å². The monoisotopic (exact) mass is 548 g/mol. The van der Waals surface area contributed by atoms with Gasteiger partial charge in [0.25, 0.3) is 11.8 Å². The normalized spacial score (nSPS) is 17.8. The van der Waals surface area contributed by atoms with E-state index in [1.54, 1.807) is 42.5 Å². The Balaban J connectivity index is 1.65. The quantitative estimate of drug-likeness (QED) is 0.345. The molecule has 0 aromatic heterocycles. The summed E-state index contributed by atoms with van der Waals surface area (Å²) in [5.41, 5.74) is 1.43. The van der Waals surface area contributed by atoms with Crippen LogP contribution in [0, 0.1) is 0 Å². The Morgan fingerprint density at radius 2 is 1.75 bits per heavy atom. The molecule has 9 heteroatoms. The lowest BCUT2D eigenvalue weighted by Gasteiger charge is -2.30. The summed E-state index contributed by atoms with van der Waals surface area (Å²) >= 11 is 18.6. The average molecular weight is 550 g/mol. The molecule has 2 aromatic rings. The van der Waals surface area contributed by atoms with Gasteiger partial charge in [0, 0.05) is 6.42 Å². The summed E-state index contributed by atoms with van der Waals surface area (Å²) in [5, 5.41) is 16.0.